The van der Waals surface area contributed by atoms with E-state index in [9.17, 15) is 9.59 Å². The van der Waals surface area contributed by atoms with E-state index in [1.807, 2.05) is 48.5 Å². The lowest BCUT2D eigenvalue weighted by molar-refractivity contribution is -0.120. The van der Waals surface area contributed by atoms with Crippen molar-refractivity contribution in [2.75, 3.05) is 49.8 Å². The maximum Gasteiger partial charge on any atom is 0.291 e. The molecule has 10 heteroatoms. The van der Waals surface area contributed by atoms with Crippen molar-refractivity contribution in [3.8, 4) is 5.75 Å². The number of aromatic nitrogens is 3. The van der Waals surface area contributed by atoms with Gasteiger partial charge in [-0.1, -0.05) is 30.3 Å². The van der Waals surface area contributed by atoms with Gasteiger partial charge in [0, 0.05) is 38.9 Å². The predicted molar refractivity (Wildman–Crippen MR) is 130 cm³/mol. The monoisotopic (exact) mass is 476 g/mol. The second-order valence-corrected chi connectivity index (χ2v) is 8.61. The topological polar surface area (TPSA) is 113 Å². The van der Waals surface area contributed by atoms with Crippen LogP contribution in [-0.2, 0) is 16.0 Å². The van der Waals surface area contributed by atoms with Gasteiger partial charge in [-0.3, -0.25) is 14.7 Å². The van der Waals surface area contributed by atoms with Gasteiger partial charge in [-0.2, -0.15) is 0 Å². The van der Waals surface area contributed by atoms with Crippen LogP contribution in [-0.4, -0.2) is 73.0 Å². The molecule has 2 amide bonds. The first-order valence-corrected chi connectivity index (χ1v) is 11.7. The molecule has 0 spiro atoms. The van der Waals surface area contributed by atoms with E-state index in [-0.39, 0.29) is 18.3 Å². The molecule has 0 saturated carbocycles. The molecular weight excluding hydrogens is 448 g/mol. The van der Waals surface area contributed by atoms with E-state index in [4.69, 9.17) is 9.47 Å². The number of nitrogens with zero attached hydrogens (tertiary/aromatic N) is 4. The van der Waals surface area contributed by atoms with Crippen molar-refractivity contribution < 1.29 is 19.1 Å². The van der Waals surface area contributed by atoms with E-state index < -0.39 is 11.9 Å². The van der Waals surface area contributed by atoms with Crippen LogP contribution in [0.25, 0.3) is 0 Å². The number of fused-ring (bicyclic) bond motifs is 1. The van der Waals surface area contributed by atoms with Crippen molar-refractivity contribution in [2.45, 2.75) is 18.9 Å². The average molecular weight is 477 g/mol. The van der Waals surface area contributed by atoms with Crippen LogP contribution in [0, 0.1) is 0 Å². The normalized spacial score (nSPS) is 18.3. The zero-order valence-corrected chi connectivity index (χ0v) is 19.6. The number of anilines is 2. The first kappa shape index (κ1) is 22.9. The first-order chi connectivity index (χ1) is 17.1. The minimum atomic E-state index is -0.869. The molecule has 1 saturated heterocycles. The summed E-state index contributed by atoms with van der Waals surface area (Å²) in [6.45, 7) is 3.12. The number of carbonyl (C=O) groups excluding carboxylic acids is 2. The predicted octanol–water partition coefficient (Wildman–Crippen LogP) is 1.78. The highest BCUT2D eigenvalue weighted by Crippen LogP contribution is 2.34. The largest absolute Gasteiger partial charge is 0.489 e. The third-order valence-corrected chi connectivity index (χ3v) is 6.18. The molecule has 35 heavy (non-hydrogen) atoms. The average Bonchev–Trinajstić information content (AvgIpc) is 3.12. The SMILES string of the molecule is CN1C(=O)[C@H](NC(=O)c2n[nH]c(Cc3ccccc3)n2)COc2ccc(N3CCCOCC3)cc21. The van der Waals surface area contributed by atoms with Crippen LogP contribution in [0.3, 0.4) is 0 Å². The number of benzene rings is 2. The number of hydrogen-bond donors (Lipinski definition) is 2. The van der Waals surface area contributed by atoms with Crippen molar-refractivity contribution in [3.05, 3.63) is 65.7 Å². The van der Waals surface area contributed by atoms with Crippen LogP contribution in [0.5, 0.6) is 5.75 Å². The zero-order valence-electron chi connectivity index (χ0n) is 19.6. The van der Waals surface area contributed by atoms with Gasteiger partial charge in [0.25, 0.3) is 11.8 Å². The summed E-state index contributed by atoms with van der Waals surface area (Å²) in [6, 6.07) is 14.7. The molecule has 0 aliphatic carbocycles. The Kier molecular flexibility index (Phi) is 6.62. The summed E-state index contributed by atoms with van der Waals surface area (Å²) in [7, 11) is 1.69. The standard InChI is InChI=1S/C25H28N6O4/c1-30-20-15-18(31-10-5-12-34-13-11-31)8-9-21(20)35-16-19(25(30)33)26-24(32)23-27-22(28-29-23)14-17-6-3-2-4-7-17/h2-4,6-9,15,19H,5,10-14,16H2,1H3,(H,26,32)(H,27,28,29)/t19-/m1/s1. The highest BCUT2D eigenvalue weighted by Gasteiger charge is 2.32. The molecule has 0 radical (unpaired) electrons. The quantitative estimate of drug-likeness (QED) is 0.577. The molecular formula is C25H28N6O4. The number of rotatable bonds is 5. The van der Waals surface area contributed by atoms with E-state index in [0.29, 0.717) is 30.3 Å². The van der Waals surface area contributed by atoms with Crippen molar-refractivity contribution in [1.82, 2.24) is 20.5 Å². The molecule has 1 fully saturated rings. The number of aromatic amines is 1. The highest BCUT2D eigenvalue weighted by atomic mass is 16.5. The number of carbonyl (C=O) groups is 2. The zero-order chi connectivity index (χ0) is 24.2. The third kappa shape index (κ3) is 5.12. The van der Waals surface area contributed by atoms with Crippen LogP contribution in [0.1, 0.15) is 28.4 Å². The fourth-order valence-electron chi connectivity index (χ4n) is 4.28. The van der Waals surface area contributed by atoms with E-state index in [1.165, 1.54) is 4.90 Å². The van der Waals surface area contributed by atoms with Gasteiger partial charge >= 0.3 is 0 Å². The lowest BCUT2D eigenvalue weighted by Gasteiger charge is -2.25. The summed E-state index contributed by atoms with van der Waals surface area (Å²) >= 11 is 0. The molecule has 10 nitrogen and oxygen atoms in total. The van der Waals surface area contributed by atoms with Crippen LogP contribution >= 0.6 is 0 Å². The summed E-state index contributed by atoms with van der Waals surface area (Å²) < 4.78 is 11.5. The Morgan fingerprint density at radius 1 is 1.17 bits per heavy atom. The van der Waals surface area contributed by atoms with Gasteiger partial charge in [-0.15, -0.1) is 5.10 Å². The Bertz CT molecular complexity index is 1190. The first-order valence-electron chi connectivity index (χ1n) is 11.7. The Labute approximate surface area is 203 Å². The van der Waals surface area contributed by atoms with Crippen LogP contribution in [0.4, 0.5) is 11.4 Å². The molecule has 5 rings (SSSR count). The molecule has 2 aromatic carbocycles. The van der Waals surface area contributed by atoms with Crippen molar-refractivity contribution in [2.24, 2.45) is 0 Å². The summed E-state index contributed by atoms with van der Waals surface area (Å²) in [5.74, 6) is 0.343. The van der Waals surface area contributed by atoms with Gasteiger partial charge in [0.15, 0.2) is 0 Å². The minimum absolute atomic E-state index is 0.0140. The van der Waals surface area contributed by atoms with Gasteiger partial charge in [0.2, 0.25) is 5.82 Å². The van der Waals surface area contributed by atoms with Gasteiger partial charge in [0.05, 0.1) is 12.3 Å². The van der Waals surface area contributed by atoms with Crippen molar-refractivity contribution in [3.63, 3.8) is 0 Å². The third-order valence-electron chi connectivity index (χ3n) is 6.18. The number of amides is 2. The molecule has 2 aliphatic rings. The van der Waals surface area contributed by atoms with Crippen molar-refractivity contribution in [1.29, 1.82) is 0 Å². The summed E-state index contributed by atoms with van der Waals surface area (Å²) in [4.78, 5) is 34.1. The number of likely N-dealkylation sites (N-methyl/N-ethyl adjacent to an activating group) is 1. The lowest BCUT2D eigenvalue weighted by atomic mass is 10.1. The number of hydrogen-bond acceptors (Lipinski definition) is 7. The molecule has 0 bridgehead atoms. The van der Waals surface area contributed by atoms with Gasteiger partial charge in [-0.05, 0) is 30.2 Å². The van der Waals surface area contributed by atoms with Crippen LogP contribution in [0.15, 0.2) is 48.5 Å². The second-order valence-electron chi connectivity index (χ2n) is 8.61. The fraction of sp³-hybridized carbons (Fsp3) is 0.360. The minimum Gasteiger partial charge on any atom is -0.489 e. The van der Waals surface area contributed by atoms with E-state index in [1.54, 1.807) is 7.05 Å². The molecule has 2 aliphatic heterocycles. The number of ether oxygens (including phenoxy) is 2. The number of H-pyrrole nitrogens is 1. The summed E-state index contributed by atoms with van der Waals surface area (Å²) in [5.41, 5.74) is 2.72. The van der Waals surface area contributed by atoms with Crippen LogP contribution < -0.4 is 19.9 Å². The van der Waals surface area contributed by atoms with E-state index in [0.717, 1.165) is 37.4 Å². The Balaban J connectivity index is 1.27. The van der Waals surface area contributed by atoms with Gasteiger partial charge in [-0.25, -0.2) is 4.98 Å². The maximum absolute atomic E-state index is 13.2. The van der Waals surface area contributed by atoms with E-state index >= 15 is 0 Å². The molecule has 2 N–H and O–H groups in total. The Hall–Kier alpha value is -3.92. The molecule has 0 unspecified atom stereocenters. The fourth-order valence-corrected chi connectivity index (χ4v) is 4.28. The number of nitrogens with one attached hydrogen (secondary N) is 2. The molecule has 1 aromatic heterocycles. The smallest absolute Gasteiger partial charge is 0.291 e. The second kappa shape index (κ2) is 10.1. The highest BCUT2D eigenvalue weighted by molar-refractivity contribution is 6.02. The molecule has 3 aromatic rings. The lowest BCUT2D eigenvalue weighted by Crippen LogP contribution is -2.49. The van der Waals surface area contributed by atoms with Crippen LogP contribution in [0.2, 0.25) is 0 Å². The molecule has 182 valence electrons. The maximum atomic E-state index is 13.2. The van der Waals surface area contributed by atoms with E-state index in [2.05, 4.69) is 25.4 Å². The van der Waals surface area contributed by atoms with Gasteiger partial charge in [0.1, 0.15) is 24.2 Å². The Morgan fingerprint density at radius 3 is 2.89 bits per heavy atom. The van der Waals surface area contributed by atoms with Crippen molar-refractivity contribution >= 4 is 23.2 Å². The summed E-state index contributed by atoms with van der Waals surface area (Å²) in [6.07, 6.45) is 1.47. The van der Waals surface area contributed by atoms with Gasteiger partial charge < -0.3 is 24.6 Å². The molecule has 3 heterocycles. The Morgan fingerprint density at radius 2 is 2.03 bits per heavy atom. The molecule has 1 atom stereocenters. The summed E-state index contributed by atoms with van der Waals surface area (Å²) in [5, 5.41) is 9.55.